The molecule has 1 aromatic heterocycles. The summed E-state index contributed by atoms with van der Waals surface area (Å²) >= 11 is 0. The van der Waals surface area contributed by atoms with Gasteiger partial charge in [0, 0.05) is 11.4 Å². The number of nitrogens with one attached hydrogen (secondary N) is 2. The lowest BCUT2D eigenvalue weighted by atomic mass is 9.94. The molecule has 1 amide bonds. The highest BCUT2D eigenvalue weighted by molar-refractivity contribution is 6.06. The van der Waals surface area contributed by atoms with Gasteiger partial charge in [-0.15, -0.1) is 0 Å². The maximum Gasteiger partial charge on any atom is 0.255 e. The topological polar surface area (TPSA) is 95.6 Å². The number of benzene rings is 2. The number of carbonyl (C=O) groups is 1. The smallest absolute Gasteiger partial charge is 0.255 e. The van der Waals surface area contributed by atoms with E-state index in [1.807, 2.05) is 51.1 Å². The van der Waals surface area contributed by atoms with Gasteiger partial charge in [0.05, 0.1) is 17.2 Å². The lowest BCUT2D eigenvalue weighted by Gasteiger charge is -2.29. The summed E-state index contributed by atoms with van der Waals surface area (Å²) in [6.45, 7) is 5.84. The van der Waals surface area contributed by atoms with E-state index in [4.69, 9.17) is 5.26 Å². The zero-order valence-corrected chi connectivity index (χ0v) is 16.4. The lowest BCUT2D eigenvalue weighted by Crippen LogP contribution is -2.31. The first-order valence-electron chi connectivity index (χ1n) is 9.24. The first-order valence-corrected chi connectivity index (χ1v) is 9.24. The number of hydrogen-bond acceptors (Lipinski definition) is 5. The predicted octanol–water partition coefficient (Wildman–Crippen LogP) is 3.69. The van der Waals surface area contributed by atoms with Gasteiger partial charge in [0.25, 0.3) is 5.91 Å². The molecule has 0 unspecified atom stereocenters. The Morgan fingerprint density at radius 2 is 1.93 bits per heavy atom. The molecular formula is C22H20N6O. The standard InChI is InChI=1S/C22H20N6O/c1-13-4-9-18(14(2)10-13)27-21(29)19-15(3)26-22-24-12-25-28(22)20(19)17-7-5-16(11-23)6-8-17/h4-10,12,20H,1-3H3,(H,27,29)(H,24,25,26)/t20-/m1/s1. The lowest BCUT2D eigenvalue weighted by molar-refractivity contribution is -0.113. The maximum atomic E-state index is 13.3. The third-order valence-corrected chi connectivity index (χ3v) is 5.02. The highest BCUT2D eigenvalue weighted by Crippen LogP contribution is 2.35. The summed E-state index contributed by atoms with van der Waals surface area (Å²) in [5.74, 6) is 0.359. The van der Waals surface area contributed by atoms with Gasteiger partial charge in [-0.2, -0.15) is 15.3 Å². The van der Waals surface area contributed by atoms with E-state index in [9.17, 15) is 4.79 Å². The summed E-state index contributed by atoms with van der Waals surface area (Å²) in [5, 5.41) is 19.6. The summed E-state index contributed by atoms with van der Waals surface area (Å²) in [5.41, 5.74) is 5.57. The van der Waals surface area contributed by atoms with Gasteiger partial charge in [-0.1, -0.05) is 29.8 Å². The van der Waals surface area contributed by atoms with Gasteiger partial charge in [-0.05, 0) is 50.1 Å². The quantitative estimate of drug-likeness (QED) is 0.718. The zero-order chi connectivity index (χ0) is 20.5. The molecule has 0 spiro atoms. The molecule has 144 valence electrons. The monoisotopic (exact) mass is 384 g/mol. The predicted molar refractivity (Wildman–Crippen MR) is 110 cm³/mol. The van der Waals surface area contributed by atoms with Crippen LogP contribution in [0.2, 0.25) is 0 Å². The van der Waals surface area contributed by atoms with Crippen LogP contribution in [0.3, 0.4) is 0 Å². The molecule has 3 aromatic rings. The minimum absolute atomic E-state index is 0.211. The van der Waals surface area contributed by atoms with Crippen LogP contribution in [0.25, 0.3) is 0 Å². The van der Waals surface area contributed by atoms with E-state index in [0.717, 1.165) is 22.4 Å². The fraction of sp³-hybridized carbons (Fsp3) is 0.182. The molecule has 4 rings (SSSR count). The second-order valence-corrected chi connectivity index (χ2v) is 7.10. The van der Waals surface area contributed by atoms with E-state index in [1.165, 1.54) is 6.33 Å². The van der Waals surface area contributed by atoms with Gasteiger partial charge < -0.3 is 10.6 Å². The Morgan fingerprint density at radius 3 is 2.62 bits per heavy atom. The van der Waals surface area contributed by atoms with E-state index in [-0.39, 0.29) is 5.91 Å². The molecule has 7 nitrogen and oxygen atoms in total. The minimum atomic E-state index is -0.452. The Balaban J connectivity index is 1.76. The Kier molecular flexibility index (Phi) is 4.61. The van der Waals surface area contributed by atoms with Crippen LogP contribution >= 0.6 is 0 Å². The van der Waals surface area contributed by atoms with E-state index >= 15 is 0 Å². The number of allylic oxidation sites excluding steroid dienone is 1. The van der Waals surface area contributed by atoms with E-state index < -0.39 is 6.04 Å². The van der Waals surface area contributed by atoms with Crippen molar-refractivity contribution in [2.75, 3.05) is 10.6 Å². The minimum Gasteiger partial charge on any atom is -0.328 e. The fourth-order valence-electron chi connectivity index (χ4n) is 3.58. The Hall–Kier alpha value is -3.92. The largest absolute Gasteiger partial charge is 0.328 e. The maximum absolute atomic E-state index is 13.3. The summed E-state index contributed by atoms with van der Waals surface area (Å²) < 4.78 is 1.69. The highest BCUT2D eigenvalue weighted by Gasteiger charge is 2.33. The van der Waals surface area contributed by atoms with Gasteiger partial charge in [-0.3, -0.25) is 4.79 Å². The van der Waals surface area contributed by atoms with Gasteiger partial charge in [0.15, 0.2) is 0 Å². The van der Waals surface area contributed by atoms with Crippen molar-refractivity contribution in [3.63, 3.8) is 0 Å². The number of aromatic nitrogens is 3. The SMILES string of the molecule is CC1=C(C(=O)Nc2ccc(C)cc2C)[C@@H](c2ccc(C#N)cc2)n2ncnc2N1. The average Bonchev–Trinajstić information content (AvgIpc) is 3.17. The van der Waals surface area contributed by atoms with Gasteiger partial charge in [-0.25, -0.2) is 4.68 Å². The van der Waals surface area contributed by atoms with Crippen molar-refractivity contribution < 1.29 is 4.79 Å². The van der Waals surface area contributed by atoms with Crippen molar-refractivity contribution in [2.24, 2.45) is 0 Å². The van der Waals surface area contributed by atoms with Gasteiger partial charge in [0.2, 0.25) is 5.95 Å². The molecule has 0 bridgehead atoms. The molecular weight excluding hydrogens is 364 g/mol. The summed E-state index contributed by atoms with van der Waals surface area (Å²) in [4.78, 5) is 17.6. The molecule has 0 saturated heterocycles. The van der Waals surface area contributed by atoms with Crippen molar-refractivity contribution >= 4 is 17.5 Å². The van der Waals surface area contributed by atoms with Crippen LogP contribution in [0.4, 0.5) is 11.6 Å². The van der Waals surface area contributed by atoms with Crippen molar-refractivity contribution in [1.82, 2.24) is 14.8 Å². The van der Waals surface area contributed by atoms with Crippen LogP contribution in [0.1, 0.15) is 35.2 Å². The van der Waals surface area contributed by atoms with Crippen LogP contribution in [0.15, 0.2) is 60.1 Å². The molecule has 2 heterocycles. The summed E-state index contributed by atoms with van der Waals surface area (Å²) in [6.07, 6.45) is 1.46. The molecule has 0 radical (unpaired) electrons. The molecule has 0 saturated carbocycles. The van der Waals surface area contributed by atoms with Crippen LogP contribution in [-0.2, 0) is 4.79 Å². The first-order chi connectivity index (χ1) is 14.0. The molecule has 1 atom stereocenters. The molecule has 2 aromatic carbocycles. The number of anilines is 2. The Bertz CT molecular complexity index is 1170. The molecule has 0 aliphatic carbocycles. The Labute approximate surface area is 168 Å². The number of nitriles is 1. The van der Waals surface area contributed by atoms with Crippen LogP contribution in [0.5, 0.6) is 0 Å². The highest BCUT2D eigenvalue weighted by atomic mass is 16.1. The third-order valence-electron chi connectivity index (χ3n) is 5.02. The summed E-state index contributed by atoms with van der Waals surface area (Å²) in [7, 11) is 0. The molecule has 2 N–H and O–H groups in total. The van der Waals surface area contributed by atoms with Crippen molar-refractivity contribution in [3.8, 4) is 6.07 Å². The summed E-state index contributed by atoms with van der Waals surface area (Å²) in [6, 6.07) is 14.7. The van der Waals surface area contributed by atoms with Crippen molar-refractivity contribution in [1.29, 1.82) is 5.26 Å². The number of aryl methyl sites for hydroxylation is 2. The van der Waals surface area contributed by atoms with Crippen LogP contribution in [0, 0.1) is 25.2 Å². The fourth-order valence-corrected chi connectivity index (χ4v) is 3.58. The molecule has 29 heavy (non-hydrogen) atoms. The van der Waals surface area contributed by atoms with E-state index in [1.54, 1.807) is 16.8 Å². The number of hydrogen-bond donors (Lipinski definition) is 2. The number of rotatable bonds is 3. The number of fused-ring (bicyclic) bond motifs is 1. The number of carbonyl (C=O) groups excluding carboxylic acids is 1. The average molecular weight is 384 g/mol. The van der Waals surface area contributed by atoms with Crippen LogP contribution < -0.4 is 10.6 Å². The zero-order valence-electron chi connectivity index (χ0n) is 16.4. The number of nitrogens with zero attached hydrogens (tertiary/aromatic N) is 4. The molecule has 1 aliphatic rings. The van der Waals surface area contributed by atoms with Gasteiger partial charge >= 0.3 is 0 Å². The third kappa shape index (κ3) is 3.36. The first kappa shape index (κ1) is 18.4. The Morgan fingerprint density at radius 1 is 1.17 bits per heavy atom. The van der Waals surface area contributed by atoms with E-state index in [2.05, 4.69) is 26.8 Å². The van der Waals surface area contributed by atoms with Crippen molar-refractivity contribution in [2.45, 2.75) is 26.8 Å². The molecule has 0 fully saturated rings. The second-order valence-electron chi connectivity index (χ2n) is 7.10. The molecule has 1 aliphatic heterocycles. The normalized spacial score (nSPS) is 15.3. The van der Waals surface area contributed by atoms with E-state index in [0.29, 0.717) is 22.8 Å². The van der Waals surface area contributed by atoms with Crippen molar-refractivity contribution in [3.05, 3.63) is 82.3 Å². The van der Waals surface area contributed by atoms with Gasteiger partial charge in [0.1, 0.15) is 12.4 Å². The van der Waals surface area contributed by atoms with Crippen LogP contribution in [-0.4, -0.2) is 20.7 Å². The second kappa shape index (κ2) is 7.24. The molecule has 7 heteroatoms. The number of amides is 1.